The van der Waals surface area contributed by atoms with E-state index < -0.39 is 5.63 Å². The van der Waals surface area contributed by atoms with Gasteiger partial charge in [0, 0.05) is 0 Å². The monoisotopic (exact) mass is 380 g/mol. The van der Waals surface area contributed by atoms with Gasteiger partial charge in [-0.05, 0) is 30.5 Å². The number of allylic oxidation sites excluding steroid dienone is 1. The summed E-state index contributed by atoms with van der Waals surface area (Å²) in [7, 11) is 1.53. The Morgan fingerprint density at radius 3 is 2.54 bits per heavy atom. The van der Waals surface area contributed by atoms with Crippen molar-refractivity contribution >= 4 is 11.0 Å². The summed E-state index contributed by atoms with van der Waals surface area (Å²) >= 11 is 0. The highest BCUT2D eigenvalue weighted by Crippen LogP contribution is 2.37. The first kappa shape index (κ1) is 19.5. The van der Waals surface area contributed by atoms with Gasteiger partial charge in [-0.2, -0.15) is 0 Å². The van der Waals surface area contributed by atoms with Crippen LogP contribution in [0.2, 0.25) is 0 Å². The number of hydrogen-bond acceptors (Lipinski definition) is 5. The summed E-state index contributed by atoms with van der Waals surface area (Å²) in [6, 6.07) is 15.1. The van der Waals surface area contributed by atoms with Crippen molar-refractivity contribution in [2.24, 2.45) is 0 Å². The standard InChI is InChI=1S/C23H24O5/c1-3-4-5-9-15-26-22-21(27-16-17-11-7-6-8-12-17)18-13-10-14-19(25-2)20(18)28-23(22)24/h4-8,10-14H,3,9,15-16H2,1-2H3/b5-4+. The molecule has 1 aromatic heterocycles. The van der Waals surface area contributed by atoms with E-state index in [2.05, 4.69) is 13.0 Å². The van der Waals surface area contributed by atoms with Crippen molar-refractivity contribution in [1.29, 1.82) is 0 Å². The van der Waals surface area contributed by atoms with Crippen molar-refractivity contribution in [3.8, 4) is 17.2 Å². The van der Waals surface area contributed by atoms with Crippen molar-refractivity contribution in [2.75, 3.05) is 13.7 Å². The van der Waals surface area contributed by atoms with Crippen LogP contribution in [-0.4, -0.2) is 13.7 Å². The molecule has 0 amide bonds. The highest BCUT2D eigenvalue weighted by molar-refractivity contribution is 5.89. The molecule has 0 fully saturated rings. The van der Waals surface area contributed by atoms with Crippen LogP contribution in [0.1, 0.15) is 25.3 Å². The zero-order valence-corrected chi connectivity index (χ0v) is 16.1. The Kier molecular flexibility index (Phi) is 6.73. The van der Waals surface area contributed by atoms with E-state index in [1.165, 1.54) is 7.11 Å². The van der Waals surface area contributed by atoms with Gasteiger partial charge in [0.15, 0.2) is 17.1 Å². The van der Waals surface area contributed by atoms with Crippen LogP contribution in [0.5, 0.6) is 17.2 Å². The first-order valence-corrected chi connectivity index (χ1v) is 9.33. The fourth-order valence-corrected chi connectivity index (χ4v) is 2.83. The zero-order chi connectivity index (χ0) is 19.8. The largest absolute Gasteiger partial charge is 0.493 e. The highest BCUT2D eigenvalue weighted by Gasteiger charge is 2.20. The van der Waals surface area contributed by atoms with Gasteiger partial charge >= 0.3 is 5.63 Å². The maximum absolute atomic E-state index is 12.6. The number of rotatable bonds is 9. The molecule has 5 nitrogen and oxygen atoms in total. The Morgan fingerprint density at radius 1 is 0.964 bits per heavy atom. The van der Waals surface area contributed by atoms with Crippen LogP contribution in [0, 0.1) is 0 Å². The summed E-state index contributed by atoms with van der Waals surface area (Å²) in [4.78, 5) is 12.6. The fourth-order valence-electron chi connectivity index (χ4n) is 2.83. The molecular formula is C23H24O5. The number of fused-ring (bicyclic) bond motifs is 1. The van der Waals surface area contributed by atoms with Crippen LogP contribution < -0.4 is 19.8 Å². The highest BCUT2D eigenvalue weighted by atomic mass is 16.5. The van der Waals surface area contributed by atoms with E-state index in [1.807, 2.05) is 48.5 Å². The average molecular weight is 380 g/mol. The molecule has 0 radical (unpaired) electrons. The summed E-state index contributed by atoms with van der Waals surface area (Å²) in [6.45, 7) is 2.74. The Labute approximate surface area is 164 Å². The smallest absolute Gasteiger partial charge is 0.383 e. The number of benzene rings is 2. The van der Waals surface area contributed by atoms with Crippen LogP contribution in [0.25, 0.3) is 11.0 Å². The lowest BCUT2D eigenvalue weighted by atomic mass is 10.2. The summed E-state index contributed by atoms with van der Waals surface area (Å²) in [5.41, 5.74) is 0.749. The first-order chi connectivity index (χ1) is 13.7. The van der Waals surface area contributed by atoms with Gasteiger partial charge in [0.2, 0.25) is 5.75 Å². The molecule has 0 bridgehead atoms. The lowest BCUT2D eigenvalue weighted by Crippen LogP contribution is -2.11. The predicted octanol–water partition coefficient (Wildman–Crippen LogP) is 5.12. The third-order valence-electron chi connectivity index (χ3n) is 4.19. The van der Waals surface area contributed by atoms with Gasteiger partial charge in [-0.25, -0.2) is 4.79 Å². The molecule has 0 spiro atoms. The second-order valence-corrected chi connectivity index (χ2v) is 6.18. The second-order valence-electron chi connectivity index (χ2n) is 6.18. The molecule has 0 saturated carbocycles. The molecule has 5 heteroatoms. The maximum Gasteiger partial charge on any atom is 0.383 e. The van der Waals surface area contributed by atoms with E-state index in [4.69, 9.17) is 18.6 Å². The van der Waals surface area contributed by atoms with Gasteiger partial charge in [0.05, 0.1) is 19.1 Å². The first-order valence-electron chi connectivity index (χ1n) is 9.33. The van der Waals surface area contributed by atoms with Crippen LogP contribution >= 0.6 is 0 Å². The van der Waals surface area contributed by atoms with Crippen molar-refractivity contribution < 1.29 is 18.6 Å². The van der Waals surface area contributed by atoms with E-state index in [1.54, 1.807) is 6.07 Å². The van der Waals surface area contributed by atoms with Gasteiger partial charge in [-0.15, -0.1) is 0 Å². The molecule has 0 aliphatic heterocycles. The predicted molar refractivity (Wildman–Crippen MR) is 109 cm³/mol. The lowest BCUT2D eigenvalue weighted by molar-refractivity contribution is 0.256. The molecule has 3 aromatic rings. The van der Waals surface area contributed by atoms with E-state index >= 15 is 0 Å². The number of ether oxygens (including phenoxy) is 3. The van der Waals surface area contributed by atoms with Crippen molar-refractivity contribution in [3.63, 3.8) is 0 Å². The van der Waals surface area contributed by atoms with Crippen molar-refractivity contribution in [1.82, 2.24) is 0 Å². The zero-order valence-electron chi connectivity index (χ0n) is 16.1. The molecule has 0 unspecified atom stereocenters. The minimum Gasteiger partial charge on any atom is -0.493 e. The van der Waals surface area contributed by atoms with Crippen molar-refractivity contribution in [2.45, 2.75) is 26.4 Å². The summed E-state index contributed by atoms with van der Waals surface area (Å²) in [5, 5.41) is 0.633. The molecule has 0 aliphatic carbocycles. The van der Waals surface area contributed by atoms with E-state index in [0.29, 0.717) is 42.1 Å². The molecule has 3 rings (SSSR count). The van der Waals surface area contributed by atoms with Crippen LogP contribution in [0.15, 0.2) is 69.9 Å². The molecule has 0 aliphatic rings. The average Bonchev–Trinajstić information content (AvgIpc) is 2.73. The molecule has 28 heavy (non-hydrogen) atoms. The molecule has 146 valence electrons. The quantitative estimate of drug-likeness (QED) is 0.293. The topological polar surface area (TPSA) is 57.9 Å². The minimum atomic E-state index is -0.584. The lowest BCUT2D eigenvalue weighted by Gasteiger charge is -2.14. The van der Waals surface area contributed by atoms with E-state index in [-0.39, 0.29) is 5.75 Å². The third-order valence-corrected chi connectivity index (χ3v) is 4.19. The normalized spacial score (nSPS) is 11.1. The summed E-state index contributed by atoms with van der Waals surface area (Å²) in [5.74, 6) is 0.923. The summed E-state index contributed by atoms with van der Waals surface area (Å²) < 4.78 is 22.6. The second kappa shape index (κ2) is 9.65. The Hall–Kier alpha value is -3.21. The molecule has 0 saturated heterocycles. The SMILES string of the molecule is CC/C=C/CCOc1c(OCc2ccccc2)c2cccc(OC)c2oc1=O. The van der Waals surface area contributed by atoms with Crippen LogP contribution in [0.4, 0.5) is 0 Å². The van der Waals surface area contributed by atoms with Gasteiger partial charge < -0.3 is 18.6 Å². The molecule has 1 heterocycles. The Balaban J connectivity index is 1.97. The minimum absolute atomic E-state index is 0.0848. The molecule has 0 N–H and O–H groups in total. The molecule has 2 aromatic carbocycles. The number of hydrogen-bond donors (Lipinski definition) is 0. The number of para-hydroxylation sites is 1. The third kappa shape index (κ3) is 4.55. The van der Waals surface area contributed by atoms with Crippen LogP contribution in [0.3, 0.4) is 0 Å². The van der Waals surface area contributed by atoms with Crippen LogP contribution in [-0.2, 0) is 6.61 Å². The summed E-state index contributed by atoms with van der Waals surface area (Å²) in [6.07, 6.45) is 5.74. The fraction of sp³-hybridized carbons (Fsp3) is 0.261. The van der Waals surface area contributed by atoms with Gasteiger partial charge in [0.1, 0.15) is 6.61 Å². The Morgan fingerprint density at radius 2 is 1.79 bits per heavy atom. The number of methoxy groups -OCH3 is 1. The van der Waals surface area contributed by atoms with E-state index in [0.717, 1.165) is 12.0 Å². The van der Waals surface area contributed by atoms with Crippen molar-refractivity contribution in [3.05, 3.63) is 76.7 Å². The molecule has 0 atom stereocenters. The van der Waals surface area contributed by atoms with Gasteiger partial charge in [0.25, 0.3) is 0 Å². The maximum atomic E-state index is 12.6. The van der Waals surface area contributed by atoms with E-state index in [9.17, 15) is 4.79 Å². The van der Waals surface area contributed by atoms with Gasteiger partial charge in [-0.3, -0.25) is 0 Å². The van der Waals surface area contributed by atoms with Gasteiger partial charge in [-0.1, -0.05) is 55.5 Å². The Bertz CT molecular complexity index is 989. The molecular weight excluding hydrogens is 356 g/mol.